The molecule has 2 aliphatic rings. The lowest BCUT2D eigenvalue weighted by Gasteiger charge is -2.36. The molecule has 34 heavy (non-hydrogen) atoms. The maximum atomic E-state index is 14.5. The van der Waals surface area contributed by atoms with Crippen LogP contribution in [0.4, 0.5) is 10.1 Å². The van der Waals surface area contributed by atoms with Crippen LogP contribution in [0.1, 0.15) is 13.3 Å². The average molecular weight is 490 g/mol. The lowest BCUT2D eigenvalue weighted by Crippen LogP contribution is -2.48. The standard InChI is InChI=1S/C16H13FN4O4S.C6H11NO/c17-11-9-10(21-7-8-25-16(21)24)1-2-12(11)19-3-5-20(6-4-19)15-18-13(22)14(23)26-15;1-3-4-5-7-6(2)8/h1-2,7-9H,3-6H2;3H,1,4-5H2,2H3,(H,7,8). The Hall–Kier alpha value is -3.67. The second kappa shape index (κ2) is 11.5. The molecule has 2 amide bonds. The molecule has 0 atom stereocenters. The fourth-order valence-electron chi connectivity index (χ4n) is 3.27. The topological polar surface area (TPSA) is 117 Å². The van der Waals surface area contributed by atoms with Gasteiger partial charge in [-0.1, -0.05) is 6.08 Å². The number of amides is 2. The van der Waals surface area contributed by atoms with Crippen molar-refractivity contribution < 1.29 is 23.2 Å². The van der Waals surface area contributed by atoms with E-state index in [0.29, 0.717) is 49.3 Å². The van der Waals surface area contributed by atoms with Gasteiger partial charge in [-0.05, 0) is 30.3 Å². The largest absolute Gasteiger partial charge is 0.423 e. The van der Waals surface area contributed by atoms with Crippen LogP contribution in [-0.2, 0) is 14.4 Å². The van der Waals surface area contributed by atoms with Crippen LogP contribution in [0.5, 0.6) is 0 Å². The minimum atomic E-state index is -0.733. The van der Waals surface area contributed by atoms with Crippen LogP contribution in [0.2, 0.25) is 0 Å². The highest BCUT2D eigenvalue weighted by molar-refractivity contribution is 8.28. The molecule has 0 unspecified atom stereocenters. The lowest BCUT2D eigenvalue weighted by atomic mass is 10.2. The number of rotatable bonds is 5. The number of nitrogens with zero attached hydrogens (tertiary/aromatic N) is 4. The first-order valence-corrected chi connectivity index (χ1v) is 11.3. The molecule has 0 spiro atoms. The number of amidine groups is 1. The number of aromatic nitrogens is 1. The van der Waals surface area contributed by atoms with Crippen molar-refractivity contribution in [3.05, 3.63) is 59.7 Å². The van der Waals surface area contributed by atoms with E-state index in [-0.39, 0.29) is 5.91 Å². The van der Waals surface area contributed by atoms with Gasteiger partial charge >= 0.3 is 11.7 Å². The molecule has 1 aromatic heterocycles. The number of oxazole rings is 1. The minimum absolute atomic E-state index is 0.0202. The van der Waals surface area contributed by atoms with E-state index >= 15 is 0 Å². The molecule has 10 nitrogen and oxygen atoms in total. The van der Waals surface area contributed by atoms with Gasteiger partial charge in [-0.25, -0.2) is 13.8 Å². The molecule has 2 aliphatic heterocycles. The van der Waals surface area contributed by atoms with Crippen molar-refractivity contribution >= 4 is 39.5 Å². The van der Waals surface area contributed by atoms with Crippen molar-refractivity contribution in [3.8, 4) is 5.69 Å². The molecule has 0 aliphatic carbocycles. The van der Waals surface area contributed by atoms with Crippen molar-refractivity contribution in [1.82, 2.24) is 14.8 Å². The molecule has 12 heteroatoms. The molecule has 0 bridgehead atoms. The van der Waals surface area contributed by atoms with Gasteiger partial charge < -0.3 is 19.5 Å². The molecule has 0 saturated carbocycles. The van der Waals surface area contributed by atoms with E-state index in [1.54, 1.807) is 18.2 Å². The van der Waals surface area contributed by atoms with E-state index < -0.39 is 22.6 Å². The number of hydrogen-bond donors (Lipinski definition) is 1. The van der Waals surface area contributed by atoms with Gasteiger partial charge in [0.05, 0.1) is 17.6 Å². The third-order valence-electron chi connectivity index (χ3n) is 4.95. The van der Waals surface area contributed by atoms with Crippen molar-refractivity contribution in [1.29, 1.82) is 0 Å². The van der Waals surface area contributed by atoms with E-state index in [1.165, 1.54) is 30.0 Å². The van der Waals surface area contributed by atoms with Gasteiger partial charge in [-0.3, -0.25) is 14.4 Å². The number of anilines is 1. The fourth-order valence-corrected chi connectivity index (χ4v) is 4.01. The van der Waals surface area contributed by atoms with Gasteiger partial charge in [0.15, 0.2) is 5.17 Å². The van der Waals surface area contributed by atoms with Gasteiger partial charge in [0.25, 0.3) is 5.12 Å². The van der Waals surface area contributed by atoms with Crippen molar-refractivity contribution in [2.24, 2.45) is 4.99 Å². The Balaban J connectivity index is 0.000000350. The number of carbonyl (C=O) groups is 3. The van der Waals surface area contributed by atoms with Crippen LogP contribution in [0, 0.1) is 5.82 Å². The van der Waals surface area contributed by atoms with Gasteiger partial charge in [0, 0.05) is 45.7 Å². The monoisotopic (exact) mass is 489 g/mol. The van der Waals surface area contributed by atoms with Gasteiger partial charge in [0.2, 0.25) is 5.91 Å². The second-order valence-electron chi connectivity index (χ2n) is 7.30. The van der Waals surface area contributed by atoms with E-state index in [4.69, 9.17) is 0 Å². The van der Waals surface area contributed by atoms with E-state index in [9.17, 15) is 23.6 Å². The van der Waals surface area contributed by atoms with Gasteiger partial charge in [-0.2, -0.15) is 4.99 Å². The lowest BCUT2D eigenvalue weighted by molar-refractivity contribution is -0.130. The molecule has 2 aromatic rings. The smallest absolute Gasteiger partial charge is 0.416 e. The predicted molar refractivity (Wildman–Crippen MR) is 127 cm³/mol. The number of aliphatic imine (C=N–C) groups is 1. The molecule has 180 valence electrons. The summed E-state index contributed by atoms with van der Waals surface area (Å²) in [5, 5.41) is 2.48. The number of benzene rings is 1. The zero-order valence-electron chi connectivity index (χ0n) is 18.5. The van der Waals surface area contributed by atoms with Crippen LogP contribution in [0.15, 0.2) is 57.5 Å². The maximum Gasteiger partial charge on any atom is 0.423 e. The first-order chi connectivity index (χ1) is 16.3. The molecule has 1 N–H and O–H groups in total. The highest BCUT2D eigenvalue weighted by Crippen LogP contribution is 2.25. The Morgan fingerprint density at radius 2 is 1.94 bits per heavy atom. The molecule has 1 saturated heterocycles. The summed E-state index contributed by atoms with van der Waals surface area (Å²) in [6.07, 6.45) is 5.29. The van der Waals surface area contributed by atoms with Crippen LogP contribution in [0.25, 0.3) is 5.69 Å². The number of hydrogen-bond acceptors (Lipinski definition) is 8. The van der Waals surface area contributed by atoms with Crippen molar-refractivity contribution in [2.75, 3.05) is 37.6 Å². The molecule has 1 fully saturated rings. The molecular weight excluding hydrogens is 465 g/mol. The van der Waals surface area contributed by atoms with Gasteiger partial charge in [-0.15, -0.1) is 6.58 Å². The summed E-state index contributed by atoms with van der Waals surface area (Å²) in [6.45, 7) is 7.80. The van der Waals surface area contributed by atoms with Crippen molar-refractivity contribution in [2.45, 2.75) is 13.3 Å². The van der Waals surface area contributed by atoms with Crippen LogP contribution < -0.4 is 16.0 Å². The van der Waals surface area contributed by atoms with E-state index in [0.717, 1.165) is 18.2 Å². The summed E-state index contributed by atoms with van der Waals surface area (Å²) in [4.78, 5) is 51.7. The fraction of sp³-hybridized carbons (Fsp3) is 0.318. The van der Waals surface area contributed by atoms with Crippen molar-refractivity contribution in [3.63, 3.8) is 0 Å². The third-order valence-corrected chi connectivity index (χ3v) is 5.85. The Bertz CT molecular complexity index is 1170. The normalized spacial score (nSPS) is 15.5. The summed E-state index contributed by atoms with van der Waals surface area (Å²) in [5.41, 5.74) is 0.815. The summed E-state index contributed by atoms with van der Waals surface area (Å²) >= 11 is 0.836. The number of halogens is 1. The highest BCUT2D eigenvalue weighted by Gasteiger charge is 2.31. The summed E-state index contributed by atoms with van der Waals surface area (Å²) < 4.78 is 20.4. The Morgan fingerprint density at radius 3 is 2.47 bits per heavy atom. The highest BCUT2D eigenvalue weighted by atomic mass is 32.2. The third kappa shape index (κ3) is 6.22. The summed E-state index contributed by atoms with van der Waals surface area (Å²) in [5.74, 6) is -1.73. The molecule has 1 aromatic carbocycles. The molecule has 0 radical (unpaired) electrons. The zero-order valence-corrected chi connectivity index (χ0v) is 19.3. The van der Waals surface area contributed by atoms with Crippen LogP contribution in [-0.4, -0.2) is 64.3 Å². The Labute approximate surface area is 199 Å². The number of carbonyl (C=O) groups excluding carboxylic acids is 3. The Morgan fingerprint density at radius 1 is 1.24 bits per heavy atom. The number of piperazine rings is 1. The predicted octanol–water partition coefficient (Wildman–Crippen LogP) is 1.55. The van der Waals surface area contributed by atoms with E-state index in [1.807, 2.05) is 9.80 Å². The first-order valence-electron chi connectivity index (χ1n) is 10.5. The molecule has 3 heterocycles. The second-order valence-corrected chi connectivity index (χ2v) is 8.24. The van der Waals surface area contributed by atoms with Crippen LogP contribution in [0.3, 0.4) is 0 Å². The van der Waals surface area contributed by atoms with E-state index in [2.05, 4.69) is 21.3 Å². The molecule has 4 rings (SSSR count). The Kier molecular flexibility index (Phi) is 8.41. The van der Waals surface area contributed by atoms with Crippen LogP contribution >= 0.6 is 11.8 Å². The number of thioether (sulfide) groups is 1. The summed E-state index contributed by atoms with van der Waals surface area (Å²) in [6, 6.07) is 4.55. The average Bonchev–Trinajstić information content (AvgIpc) is 3.39. The maximum absolute atomic E-state index is 14.5. The van der Waals surface area contributed by atoms with Gasteiger partial charge in [0.1, 0.15) is 12.1 Å². The zero-order chi connectivity index (χ0) is 24.7. The first kappa shape index (κ1) is 25.0. The SMILES string of the molecule is C=CCCNC(C)=O.O=C1N=C(N2CCN(c3ccc(-n4ccoc4=O)cc3F)CC2)SC1=O. The molecular formula is C22H24FN5O5S. The number of nitrogens with one attached hydrogen (secondary N) is 1. The minimum Gasteiger partial charge on any atom is -0.416 e. The quantitative estimate of drug-likeness (QED) is 0.382. The summed E-state index contributed by atoms with van der Waals surface area (Å²) in [7, 11) is 0.